The zero-order valence-electron chi connectivity index (χ0n) is 16.7. The van der Waals surface area contributed by atoms with Crippen LogP contribution >= 0.6 is 11.6 Å². The number of ether oxygens (including phenoxy) is 3. The summed E-state index contributed by atoms with van der Waals surface area (Å²) in [6.07, 6.45) is -1.38. The van der Waals surface area contributed by atoms with Crippen LogP contribution in [0.25, 0.3) is 0 Å². The second-order valence-corrected chi connectivity index (χ2v) is 7.75. The Labute approximate surface area is 163 Å². The Morgan fingerprint density at radius 3 is 1.56 bits per heavy atom. The van der Waals surface area contributed by atoms with Gasteiger partial charge in [0.1, 0.15) is 24.3 Å². The van der Waals surface area contributed by atoms with Crippen LogP contribution in [0.2, 0.25) is 0 Å². The third-order valence-corrected chi connectivity index (χ3v) is 1.94. The van der Waals surface area contributed by atoms with Crippen LogP contribution in [0.4, 0.5) is 9.59 Å². The van der Waals surface area contributed by atoms with E-state index in [0.717, 1.165) is 0 Å². The maximum absolute atomic E-state index is 11.1. The van der Waals surface area contributed by atoms with Crippen LogP contribution in [0.5, 0.6) is 0 Å². The molecule has 2 amide bonds. The molecule has 1 unspecified atom stereocenters. The van der Waals surface area contributed by atoms with E-state index in [1.165, 1.54) is 6.92 Å². The first-order chi connectivity index (χ1) is 12.0. The molecule has 0 heterocycles. The predicted molar refractivity (Wildman–Crippen MR) is 97.5 cm³/mol. The summed E-state index contributed by atoms with van der Waals surface area (Å²) in [4.78, 5) is 42.8. The van der Waals surface area contributed by atoms with E-state index in [1.807, 2.05) is 0 Å². The van der Waals surface area contributed by atoms with Gasteiger partial charge in [-0.05, 0) is 48.5 Å². The third-order valence-electron chi connectivity index (χ3n) is 1.85. The molecule has 0 aromatic heterocycles. The van der Waals surface area contributed by atoms with Gasteiger partial charge in [0.2, 0.25) is 0 Å². The van der Waals surface area contributed by atoms with Crippen LogP contribution in [0.1, 0.15) is 48.5 Å². The molecular weight excluding hydrogens is 384 g/mol. The van der Waals surface area contributed by atoms with E-state index >= 15 is 0 Å². The Hall–Kier alpha value is -2.23. The van der Waals surface area contributed by atoms with Gasteiger partial charge in [0.25, 0.3) is 0 Å². The lowest BCUT2D eigenvalue weighted by Crippen LogP contribution is -2.36. The predicted octanol–water partition coefficient (Wildman–Crippen LogP) is 2.23. The smallest absolute Gasteiger partial charge is 0.408 e. The third kappa shape index (κ3) is 23.8. The SMILES string of the molecule is CC(C)(C)OC(=O)NCC(=O)O.CC(Cl)OC(=O)CNC(=O)OC(C)(C)C. The second-order valence-electron chi connectivity index (χ2n) is 7.14. The van der Waals surface area contributed by atoms with E-state index in [-0.39, 0.29) is 6.54 Å². The summed E-state index contributed by atoms with van der Waals surface area (Å²) in [6, 6.07) is 0. The van der Waals surface area contributed by atoms with Crippen molar-refractivity contribution < 1.29 is 38.5 Å². The summed E-state index contributed by atoms with van der Waals surface area (Å²) >= 11 is 5.41. The van der Waals surface area contributed by atoms with Crippen molar-refractivity contribution in [2.24, 2.45) is 0 Å². The van der Waals surface area contributed by atoms with E-state index < -0.39 is 47.4 Å². The van der Waals surface area contributed by atoms with E-state index in [2.05, 4.69) is 15.4 Å². The molecular formula is C16H29ClN2O8. The van der Waals surface area contributed by atoms with Gasteiger partial charge < -0.3 is 30.0 Å². The summed E-state index contributed by atoms with van der Waals surface area (Å²) in [7, 11) is 0. The fourth-order valence-electron chi connectivity index (χ4n) is 1.14. The second kappa shape index (κ2) is 12.2. The lowest BCUT2D eigenvalue weighted by molar-refractivity contribution is -0.143. The molecule has 0 aliphatic heterocycles. The Kier molecular flexibility index (Phi) is 12.2. The van der Waals surface area contributed by atoms with Crippen molar-refractivity contribution in [3.63, 3.8) is 0 Å². The molecule has 10 nitrogen and oxygen atoms in total. The fourth-order valence-corrected chi connectivity index (χ4v) is 1.24. The monoisotopic (exact) mass is 412 g/mol. The number of aliphatic carboxylic acids is 1. The Morgan fingerprint density at radius 1 is 0.889 bits per heavy atom. The highest BCUT2D eigenvalue weighted by Crippen LogP contribution is 2.06. The zero-order valence-corrected chi connectivity index (χ0v) is 17.4. The van der Waals surface area contributed by atoms with Crippen LogP contribution in [0, 0.1) is 0 Å². The first kappa shape index (κ1) is 27.0. The van der Waals surface area contributed by atoms with E-state index in [9.17, 15) is 19.2 Å². The molecule has 0 bridgehead atoms. The van der Waals surface area contributed by atoms with Crippen molar-refractivity contribution in [2.45, 2.75) is 65.2 Å². The van der Waals surface area contributed by atoms with Crippen molar-refractivity contribution >= 4 is 35.7 Å². The lowest BCUT2D eigenvalue weighted by atomic mass is 10.2. The molecule has 0 radical (unpaired) electrons. The standard InChI is InChI=1S/C9H16ClNO4.C7H13NO4/c1-6(10)14-7(12)5-11-8(13)15-9(2,3)4;1-7(2,3)12-6(11)8-4-5(9)10/h6H,5H2,1-4H3,(H,11,13);4H2,1-3H3,(H,8,11)(H,9,10). The Morgan fingerprint density at radius 2 is 1.26 bits per heavy atom. The summed E-state index contributed by atoms with van der Waals surface area (Å²) in [5, 5.41) is 12.5. The lowest BCUT2D eigenvalue weighted by Gasteiger charge is -2.19. The van der Waals surface area contributed by atoms with Crippen molar-refractivity contribution in [1.29, 1.82) is 0 Å². The minimum atomic E-state index is -1.10. The van der Waals surface area contributed by atoms with Crippen molar-refractivity contribution in [2.75, 3.05) is 13.1 Å². The Bertz CT molecular complexity index is 510. The zero-order chi connectivity index (χ0) is 21.8. The maximum atomic E-state index is 11.1. The van der Waals surface area contributed by atoms with Crippen LogP contribution in [0.15, 0.2) is 0 Å². The first-order valence-electron chi connectivity index (χ1n) is 8.01. The van der Waals surface area contributed by atoms with Crippen LogP contribution in [-0.2, 0) is 23.8 Å². The fraction of sp³-hybridized carbons (Fsp3) is 0.750. The van der Waals surface area contributed by atoms with Crippen molar-refractivity contribution in [3.05, 3.63) is 0 Å². The van der Waals surface area contributed by atoms with Gasteiger partial charge in [-0.15, -0.1) is 0 Å². The van der Waals surface area contributed by atoms with Crippen LogP contribution < -0.4 is 10.6 Å². The minimum absolute atomic E-state index is 0.258. The number of nitrogens with one attached hydrogen (secondary N) is 2. The van der Waals surface area contributed by atoms with Gasteiger partial charge in [0.05, 0.1) is 0 Å². The van der Waals surface area contributed by atoms with Crippen LogP contribution in [-0.4, -0.2) is 59.1 Å². The minimum Gasteiger partial charge on any atom is -0.480 e. The van der Waals surface area contributed by atoms with E-state index in [0.29, 0.717) is 0 Å². The summed E-state index contributed by atoms with van der Waals surface area (Å²) in [5.41, 5.74) is -1.89. The van der Waals surface area contributed by atoms with E-state index in [1.54, 1.807) is 41.5 Å². The molecule has 3 N–H and O–H groups in total. The summed E-state index contributed by atoms with van der Waals surface area (Å²) in [6.45, 7) is 11.1. The summed E-state index contributed by atoms with van der Waals surface area (Å²) < 4.78 is 14.3. The number of carboxylic acids is 1. The molecule has 0 saturated carbocycles. The molecule has 27 heavy (non-hydrogen) atoms. The van der Waals surface area contributed by atoms with Gasteiger partial charge >= 0.3 is 24.1 Å². The maximum Gasteiger partial charge on any atom is 0.408 e. The van der Waals surface area contributed by atoms with E-state index in [4.69, 9.17) is 26.2 Å². The molecule has 0 saturated heterocycles. The molecule has 0 aliphatic carbocycles. The van der Waals surface area contributed by atoms with Gasteiger partial charge in [-0.1, -0.05) is 11.6 Å². The molecule has 0 aliphatic rings. The molecule has 11 heteroatoms. The highest BCUT2D eigenvalue weighted by Gasteiger charge is 2.17. The van der Waals surface area contributed by atoms with Crippen molar-refractivity contribution in [1.82, 2.24) is 10.6 Å². The number of carbonyl (C=O) groups is 4. The highest BCUT2D eigenvalue weighted by atomic mass is 35.5. The molecule has 0 aromatic rings. The Balaban J connectivity index is 0. The number of hydrogen-bond donors (Lipinski definition) is 3. The number of esters is 1. The first-order valence-corrected chi connectivity index (χ1v) is 8.44. The molecule has 0 aromatic carbocycles. The normalized spacial score (nSPS) is 11.9. The van der Waals surface area contributed by atoms with Crippen molar-refractivity contribution in [3.8, 4) is 0 Å². The molecule has 1 atom stereocenters. The molecule has 0 fully saturated rings. The quantitative estimate of drug-likeness (QED) is 0.354. The number of alkyl halides is 1. The summed E-state index contributed by atoms with van der Waals surface area (Å²) in [5.74, 6) is -1.70. The molecule has 0 spiro atoms. The number of carboxylic acid groups (broad SMARTS) is 1. The highest BCUT2D eigenvalue weighted by molar-refractivity contribution is 6.20. The molecule has 0 rings (SSSR count). The van der Waals surface area contributed by atoms with Gasteiger partial charge in [-0.3, -0.25) is 9.59 Å². The van der Waals surface area contributed by atoms with Gasteiger partial charge in [0, 0.05) is 0 Å². The number of hydrogen-bond acceptors (Lipinski definition) is 7. The van der Waals surface area contributed by atoms with Gasteiger partial charge in [0.15, 0.2) is 5.56 Å². The molecule has 158 valence electrons. The van der Waals surface area contributed by atoms with Gasteiger partial charge in [-0.25, -0.2) is 9.59 Å². The average Bonchev–Trinajstić information content (AvgIpc) is 2.39. The number of halogens is 1. The number of alkyl carbamates (subject to hydrolysis) is 2. The topological polar surface area (TPSA) is 140 Å². The largest absolute Gasteiger partial charge is 0.480 e. The number of amides is 2. The number of rotatable bonds is 5. The number of carbonyl (C=O) groups excluding carboxylic acids is 3. The van der Waals surface area contributed by atoms with Crippen LogP contribution in [0.3, 0.4) is 0 Å². The average molecular weight is 413 g/mol. The van der Waals surface area contributed by atoms with Gasteiger partial charge in [-0.2, -0.15) is 0 Å².